The smallest absolute Gasteiger partial charge is 0.859 e. The summed E-state index contributed by atoms with van der Waals surface area (Å²) in [4.78, 5) is 13.1. The molecule has 4 aromatic rings. The fourth-order valence-corrected chi connectivity index (χ4v) is 3.18. The number of pyridine rings is 1. The van der Waals surface area contributed by atoms with Crippen molar-refractivity contribution in [3.05, 3.63) is 101 Å². The van der Waals surface area contributed by atoms with Gasteiger partial charge in [-0.05, 0) is 49.2 Å². The van der Waals surface area contributed by atoms with E-state index >= 15 is 0 Å². The van der Waals surface area contributed by atoms with Crippen molar-refractivity contribution in [1.82, 2.24) is 4.57 Å². The molecule has 0 saturated heterocycles. The van der Waals surface area contributed by atoms with Crippen LogP contribution in [0.4, 0.5) is 5.69 Å². The molecule has 0 saturated carbocycles. The summed E-state index contributed by atoms with van der Waals surface area (Å²) in [5.74, 6) is -0.383. The second-order valence-electron chi connectivity index (χ2n) is 6.37. The zero-order chi connectivity index (χ0) is 19.5. The van der Waals surface area contributed by atoms with Gasteiger partial charge in [0.1, 0.15) is 0 Å². The zero-order valence-electron chi connectivity index (χ0n) is 16.3. The number of fused-ring (bicyclic) bond motifs is 1. The second-order valence-corrected chi connectivity index (χ2v) is 6.37. The number of nitrogens with zero attached hydrogens (tertiary/aromatic N) is 2. The van der Waals surface area contributed by atoms with Gasteiger partial charge in [0.05, 0.1) is 22.5 Å². The summed E-state index contributed by atoms with van der Waals surface area (Å²) in [7, 11) is 0. The molecule has 1 heterocycles. The summed E-state index contributed by atoms with van der Waals surface area (Å²) >= 11 is 0. The Bertz CT molecular complexity index is 1220. The van der Waals surface area contributed by atoms with Crippen molar-refractivity contribution in [2.45, 2.75) is 6.92 Å². The number of hydrogen-bond acceptors (Lipinski definition) is 4. The molecule has 0 aliphatic heterocycles. The van der Waals surface area contributed by atoms with Crippen LogP contribution >= 0.6 is 0 Å². The minimum absolute atomic E-state index is 0. The van der Waals surface area contributed by atoms with Crippen LogP contribution in [0, 0.1) is 0 Å². The fraction of sp³-hybridized carbons (Fsp3) is 0.0435. The van der Waals surface area contributed by atoms with Crippen molar-refractivity contribution in [1.29, 1.82) is 0 Å². The van der Waals surface area contributed by atoms with E-state index in [-0.39, 0.29) is 46.4 Å². The zero-order valence-corrected chi connectivity index (χ0v) is 18.3. The quantitative estimate of drug-likeness (QED) is 0.319. The SMILES string of the molecule is C/C(=N\Nc1ccccc1)c1c([O-])n(-c2ccccc2)c2ccccc2c1=O.[Na+]. The van der Waals surface area contributed by atoms with Crippen LogP contribution < -0.4 is 45.5 Å². The average Bonchev–Trinajstić information content (AvgIpc) is 2.74. The number of hydrogen-bond donors (Lipinski definition) is 1. The van der Waals surface area contributed by atoms with E-state index in [9.17, 15) is 9.90 Å². The topological polar surface area (TPSA) is 69.5 Å². The maximum absolute atomic E-state index is 13.3. The number of anilines is 1. The van der Waals surface area contributed by atoms with E-state index in [1.54, 1.807) is 29.7 Å². The summed E-state index contributed by atoms with van der Waals surface area (Å²) in [6.07, 6.45) is 0. The van der Waals surface area contributed by atoms with Gasteiger partial charge in [-0.2, -0.15) is 5.10 Å². The number of rotatable bonds is 4. The molecule has 4 rings (SSSR count). The molecule has 0 radical (unpaired) electrons. The molecule has 6 heteroatoms. The van der Waals surface area contributed by atoms with Crippen molar-refractivity contribution >= 4 is 22.3 Å². The van der Waals surface area contributed by atoms with Crippen LogP contribution in [0.3, 0.4) is 0 Å². The van der Waals surface area contributed by atoms with E-state index in [4.69, 9.17) is 0 Å². The number of para-hydroxylation sites is 3. The fourth-order valence-electron chi connectivity index (χ4n) is 3.18. The van der Waals surface area contributed by atoms with Crippen LogP contribution in [-0.2, 0) is 0 Å². The van der Waals surface area contributed by atoms with E-state index in [0.717, 1.165) is 5.69 Å². The minimum atomic E-state index is -0.383. The molecule has 0 spiro atoms. The van der Waals surface area contributed by atoms with Crippen LogP contribution in [0.15, 0.2) is 94.8 Å². The molecule has 1 aromatic heterocycles. The summed E-state index contributed by atoms with van der Waals surface area (Å²) in [6, 6.07) is 25.8. The van der Waals surface area contributed by atoms with Crippen molar-refractivity contribution < 1.29 is 34.7 Å². The maximum Gasteiger partial charge on any atom is 1.00 e. The van der Waals surface area contributed by atoms with Crippen molar-refractivity contribution in [3.8, 4) is 11.6 Å². The Balaban J connectivity index is 0.00000240. The molecule has 0 unspecified atom stereocenters. The van der Waals surface area contributed by atoms with E-state index in [1.165, 1.54) is 0 Å². The number of nitrogens with one attached hydrogen (secondary N) is 1. The number of benzene rings is 3. The largest absolute Gasteiger partial charge is 1.00 e. The van der Waals surface area contributed by atoms with E-state index < -0.39 is 0 Å². The molecule has 0 aliphatic carbocycles. The second kappa shape index (κ2) is 9.09. The first-order valence-electron chi connectivity index (χ1n) is 8.92. The van der Waals surface area contributed by atoms with E-state index in [2.05, 4.69) is 10.5 Å². The van der Waals surface area contributed by atoms with Crippen molar-refractivity contribution in [2.75, 3.05) is 5.43 Å². The minimum Gasteiger partial charge on any atom is -0.859 e. The molecule has 138 valence electrons. The first-order valence-corrected chi connectivity index (χ1v) is 8.92. The molecular weight excluding hydrogens is 373 g/mol. The van der Waals surface area contributed by atoms with Gasteiger partial charge in [-0.1, -0.05) is 48.5 Å². The Labute approximate surface area is 190 Å². The van der Waals surface area contributed by atoms with Gasteiger partial charge in [-0.15, -0.1) is 0 Å². The summed E-state index contributed by atoms with van der Waals surface area (Å²) in [6.45, 7) is 1.66. The van der Waals surface area contributed by atoms with Crippen molar-refractivity contribution in [3.63, 3.8) is 0 Å². The third-order valence-electron chi connectivity index (χ3n) is 4.54. The number of hydrazone groups is 1. The van der Waals surface area contributed by atoms with Crippen LogP contribution in [0.25, 0.3) is 16.6 Å². The molecular formula is C23H18N3NaO2. The molecule has 1 N–H and O–H groups in total. The van der Waals surface area contributed by atoms with Crippen LogP contribution in [0.2, 0.25) is 0 Å². The van der Waals surface area contributed by atoms with Crippen molar-refractivity contribution in [2.24, 2.45) is 5.10 Å². The predicted molar refractivity (Wildman–Crippen MR) is 111 cm³/mol. The van der Waals surface area contributed by atoms with Crippen LogP contribution in [0.5, 0.6) is 5.88 Å². The van der Waals surface area contributed by atoms with Gasteiger partial charge in [0, 0.05) is 11.1 Å². The normalized spacial score (nSPS) is 11.1. The van der Waals surface area contributed by atoms with Crippen LogP contribution in [-0.4, -0.2) is 10.3 Å². The molecule has 3 aromatic carbocycles. The summed E-state index contributed by atoms with van der Waals surface area (Å²) in [5, 5.41) is 18.1. The Morgan fingerprint density at radius 3 is 2.17 bits per heavy atom. The van der Waals surface area contributed by atoms with Gasteiger partial charge in [0.25, 0.3) is 0 Å². The first-order chi connectivity index (χ1) is 13.7. The first kappa shape index (κ1) is 20.9. The number of aromatic nitrogens is 1. The molecule has 5 nitrogen and oxygen atoms in total. The molecule has 0 bridgehead atoms. The Morgan fingerprint density at radius 1 is 0.897 bits per heavy atom. The third-order valence-corrected chi connectivity index (χ3v) is 4.54. The Hall–Kier alpha value is -2.86. The molecule has 29 heavy (non-hydrogen) atoms. The van der Waals surface area contributed by atoms with Crippen LogP contribution in [0.1, 0.15) is 12.5 Å². The Morgan fingerprint density at radius 2 is 1.48 bits per heavy atom. The summed E-state index contributed by atoms with van der Waals surface area (Å²) in [5.41, 5.74) is 5.05. The predicted octanol–water partition coefficient (Wildman–Crippen LogP) is 0.904. The monoisotopic (exact) mass is 391 g/mol. The average molecular weight is 391 g/mol. The molecule has 0 amide bonds. The van der Waals surface area contributed by atoms with Gasteiger partial charge in [0.15, 0.2) is 5.43 Å². The molecule has 0 atom stereocenters. The molecule has 0 fully saturated rings. The standard InChI is InChI=1S/C23H19N3O2.Na/c1-16(24-25-17-10-4-2-5-11-17)21-22(27)19-14-8-9-15-20(19)26(23(21)28)18-12-6-3-7-13-18;/h2-15,25,28H,1H3;/q;+1/p-1/b24-16+;. The maximum atomic E-state index is 13.3. The van der Waals surface area contributed by atoms with Gasteiger partial charge in [-0.25, -0.2) is 0 Å². The summed E-state index contributed by atoms with van der Waals surface area (Å²) < 4.78 is 1.56. The van der Waals surface area contributed by atoms with Gasteiger partial charge < -0.3 is 9.67 Å². The molecule has 0 aliphatic rings. The third kappa shape index (κ3) is 4.12. The van der Waals surface area contributed by atoms with Gasteiger partial charge in [0.2, 0.25) is 0 Å². The van der Waals surface area contributed by atoms with E-state index in [1.807, 2.05) is 66.7 Å². The van der Waals surface area contributed by atoms with Gasteiger partial charge >= 0.3 is 29.6 Å². The van der Waals surface area contributed by atoms with E-state index in [0.29, 0.717) is 22.3 Å². The Kier molecular flexibility index (Phi) is 6.54. The van der Waals surface area contributed by atoms with Gasteiger partial charge in [-0.3, -0.25) is 10.2 Å².